The Hall–Kier alpha value is -0.120. The lowest BCUT2D eigenvalue weighted by atomic mass is 10.1. The van der Waals surface area contributed by atoms with Crippen LogP contribution in [0, 0.1) is 12.8 Å². The van der Waals surface area contributed by atoms with Crippen molar-refractivity contribution in [2.24, 2.45) is 5.92 Å². The first-order valence-corrected chi connectivity index (χ1v) is 7.07. The molecule has 96 valence electrons. The minimum absolute atomic E-state index is 0.0528. The largest absolute Gasteiger partial charge is 0.504 e. The summed E-state index contributed by atoms with van der Waals surface area (Å²) < 4.78 is 0. The van der Waals surface area contributed by atoms with E-state index in [1.165, 1.54) is 0 Å². The maximum Gasteiger partial charge on any atom is 0.157 e. The summed E-state index contributed by atoms with van der Waals surface area (Å²) in [6.07, 6.45) is 0. The maximum absolute atomic E-state index is 9.89. The van der Waals surface area contributed by atoms with Crippen molar-refractivity contribution < 1.29 is 5.11 Å². The first kappa shape index (κ1) is 14.9. The third-order valence-electron chi connectivity index (χ3n) is 2.63. The normalized spacial score (nSPS) is 12.9. The molecule has 0 bridgehead atoms. The van der Waals surface area contributed by atoms with Crippen LogP contribution in [0.25, 0.3) is 0 Å². The molecule has 0 amide bonds. The van der Waals surface area contributed by atoms with Gasteiger partial charge in [0.05, 0.1) is 10.7 Å². The molecule has 1 aromatic rings. The number of rotatable bonds is 4. The molecule has 0 heterocycles. The van der Waals surface area contributed by atoms with Gasteiger partial charge in [0.2, 0.25) is 0 Å². The summed E-state index contributed by atoms with van der Waals surface area (Å²) in [5, 5.41) is 13.9. The number of anilines is 1. The van der Waals surface area contributed by atoms with Crippen LogP contribution in [0.2, 0.25) is 10.0 Å². The van der Waals surface area contributed by atoms with Gasteiger partial charge in [-0.15, -0.1) is 0 Å². The van der Waals surface area contributed by atoms with Crippen molar-refractivity contribution in [3.63, 3.8) is 0 Å². The SMILES string of the molecule is Cc1c(Cl)cc(NCC(Br)C(C)C)c(O)c1Cl. The maximum atomic E-state index is 9.89. The molecule has 2 N–H and O–H groups in total. The summed E-state index contributed by atoms with van der Waals surface area (Å²) in [5.41, 5.74) is 1.26. The number of nitrogens with one attached hydrogen (secondary N) is 1. The molecule has 1 aromatic carbocycles. The van der Waals surface area contributed by atoms with Crippen molar-refractivity contribution in [2.75, 3.05) is 11.9 Å². The monoisotopic (exact) mass is 339 g/mol. The molecule has 0 saturated heterocycles. The number of halogens is 3. The number of benzene rings is 1. The predicted octanol–water partition coefficient (Wildman–Crippen LogP) is 4.84. The van der Waals surface area contributed by atoms with Crippen LogP contribution in [0.1, 0.15) is 19.4 Å². The second-order valence-corrected chi connectivity index (χ2v) is 6.30. The topological polar surface area (TPSA) is 32.3 Å². The van der Waals surface area contributed by atoms with Crippen LogP contribution in [0.4, 0.5) is 5.69 Å². The molecule has 1 atom stereocenters. The van der Waals surface area contributed by atoms with Crippen molar-refractivity contribution >= 4 is 44.8 Å². The number of hydrogen-bond acceptors (Lipinski definition) is 2. The lowest BCUT2D eigenvalue weighted by Crippen LogP contribution is -2.19. The van der Waals surface area contributed by atoms with Gasteiger partial charge in [0, 0.05) is 16.4 Å². The van der Waals surface area contributed by atoms with E-state index in [1.807, 2.05) is 0 Å². The van der Waals surface area contributed by atoms with Gasteiger partial charge in [0.25, 0.3) is 0 Å². The first-order chi connectivity index (χ1) is 7.84. The van der Waals surface area contributed by atoms with Crippen LogP contribution in [-0.2, 0) is 0 Å². The predicted molar refractivity (Wildman–Crippen MR) is 78.9 cm³/mol. The highest BCUT2D eigenvalue weighted by Crippen LogP contribution is 2.38. The highest BCUT2D eigenvalue weighted by atomic mass is 79.9. The van der Waals surface area contributed by atoms with Crippen LogP contribution in [-0.4, -0.2) is 16.5 Å². The van der Waals surface area contributed by atoms with Crippen LogP contribution >= 0.6 is 39.1 Å². The van der Waals surface area contributed by atoms with E-state index in [1.54, 1.807) is 13.0 Å². The summed E-state index contributed by atoms with van der Waals surface area (Å²) >= 11 is 15.6. The second-order valence-electron chi connectivity index (χ2n) is 4.33. The number of aromatic hydroxyl groups is 1. The van der Waals surface area contributed by atoms with E-state index in [-0.39, 0.29) is 5.75 Å². The molecule has 0 aliphatic rings. The molecule has 0 aliphatic heterocycles. The molecule has 0 spiro atoms. The van der Waals surface area contributed by atoms with E-state index in [4.69, 9.17) is 23.2 Å². The number of hydrogen-bond donors (Lipinski definition) is 2. The number of phenols is 1. The van der Waals surface area contributed by atoms with Crippen LogP contribution in [0.5, 0.6) is 5.75 Å². The van der Waals surface area contributed by atoms with E-state index < -0.39 is 0 Å². The molecular formula is C12H16BrCl2NO. The van der Waals surface area contributed by atoms with Crippen molar-refractivity contribution in [3.8, 4) is 5.75 Å². The molecule has 1 rings (SSSR count). The lowest BCUT2D eigenvalue weighted by Gasteiger charge is -2.17. The summed E-state index contributed by atoms with van der Waals surface area (Å²) in [6.45, 7) is 6.71. The fourth-order valence-electron chi connectivity index (χ4n) is 1.28. The number of alkyl halides is 1. The third-order valence-corrected chi connectivity index (χ3v) is 4.87. The van der Waals surface area contributed by atoms with E-state index in [0.29, 0.717) is 38.6 Å². The van der Waals surface area contributed by atoms with Crippen LogP contribution in [0.15, 0.2) is 6.07 Å². The Morgan fingerprint density at radius 2 is 2.00 bits per heavy atom. The Balaban J connectivity index is 2.86. The van der Waals surface area contributed by atoms with Gasteiger partial charge in [-0.2, -0.15) is 0 Å². The van der Waals surface area contributed by atoms with Crippen LogP contribution in [0.3, 0.4) is 0 Å². The Kier molecular flexibility index (Phi) is 5.42. The van der Waals surface area contributed by atoms with Gasteiger partial charge in [-0.25, -0.2) is 0 Å². The summed E-state index contributed by atoms with van der Waals surface area (Å²) in [6, 6.07) is 1.69. The Morgan fingerprint density at radius 1 is 1.41 bits per heavy atom. The van der Waals surface area contributed by atoms with E-state index >= 15 is 0 Å². The third kappa shape index (κ3) is 3.67. The molecule has 0 aliphatic carbocycles. The molecule has 0 saturated carbocycles. The van der Waals surface area contributed by atoms with Crippen molar-refractivity contribution in [1.82, 2.24) is 0 Å². The van der Waals surface area contributed by atoms with Crippen molar-refractivity contribution in [1.29, 1.82) is 0 Å². The standard InChI is InChI=1S/C12H16BrCl2NO/c1-6(2)8(13)5-16-10-4-9(14)7(3)11(15)12(10)17/h4,6,8,16-17H,5H2,1-3H3. The Bertz CT molecular complexity index is 410. The highest BCUT2D eigenvalue weighted by Gasteiger charge is 2.14. The molecule has 0 fully saturated rings. The van der Waals surface area contributed by atoms with E-state index in [0.717, 1.165) is 0 Å². The van der Waals surface area contributed by atoms with Crippen molar-refractivity contribution in [3.05, 3.63) is 21.7 Å². The first-order valence-electron chi connectivity index (χ1n) is 5.40. The van der Waals surface area contributed by atoms with Gasteiger partial charge in [-0.05, 0) is 24.5 Å². The molecule has 0 radical (unpaired) electrons. The summed E-state index contributed by atoms with van der Waals surface area (Å²) in [4.78, 5) is 0.320. The van der Waals surface area contributed by atoms with Gasteiger partial charge < -0.3 is 10.4 Å². The minimum Gasteiger partial charge on any atom is -0.504 e. The fraction of sp³-hybridized carbons (Fsp3) is 0.500. The summed E-state index contributed by atoms with van der Waals surface area (Å²) in [7, 11) is 0. The highest BCUT2D eigenvalue weighted by molar-refractivity contribution is 9.09. The molecule has 2 nitrogen and oxygen atoms in total. The molecular weight excluding hydrogens is 325 g/mol. The Labute approximate surface area is 120 Å². The van der Waals surface area contributed by atoms with E-state index in [2.05, 4.69) is 35.1 Å². The van der Waals surface area contributed by atoms with Gasteiger partial charge in [0.15, 0.2) is 5.75 Å². The average Bonchev–Trinajstić information content (AvgIpc) is 2.28. The molecule has 5 heteroatoms. The zero-order valence-corrected chi connectivity index (χ0v) is 13.1. The van der Waals surface area contributed by atoms with E-state index in [9.17, 15) is 5.11 Å². The van der Waals surface area contributed by atoms with Gasteiger partial charge in [-0.1, -0.05) is 53.0 Å². The number of phenolic OH excluding ortho intramolecular Hbond substituents is 1. The summed E-state index contributed by atoms with van der Waals surface area (Å²) in [5.74, 6) is 0.554. The molecule has 0 aromatic heterocycles. The van der Waals surface area contributed by atoms with Crippen LogP contribution < -0.4 is 5.32 Å². The average molecular weight is 341 g/mol. The zero-order valence-electron chi connectivity index (χ0n) is 10.0. The van der Waals surface area contributed by atoms with Gasteiger partial charge in [-0.3, -0.25) is 0 Å². The minimum atomic E-state index is 0.0528. The zero-order chi connectivity index (χ0) is 13.2. The quantitative estimate of drug-likeness (QED) is 0.607. The van der Waals surface area contributed by atoms with Gasteiger partial charge in [0.1, 0.15) is 0 Å². The second kappa shape index (κ2) is 6.17. The fourth-order valence-corrected chi connectivity index (χ4v) is 1.90. The molecule has 1 unspecified atom stereocenters. The lowest BCUT2D eigenvalue weighted by molar-refractivity contribution is 0.476. The Morgan fingerprint density at radius 3 is 2.53 bits per heavy atom. The smallest absolute Gasteiger partial charge is 0.157 e. The van der Waals surface area contributed by atoms with Crippen molar-refractivity contribution in [2.45, 2.75) is 25.6 Å². The van der Waals surface area contributed by atoms with Gasteiger partial charge >= 0.3 is 0 Å². The molecule has 17 heavy (non-hydrogen) atoms.